The molecule has 0 unspecified atom stereocenters. The average molecular weight is 119 g/mol. The molecule has 0 saturated heterocycles. The molecule has 0 aliphatic heterocycles. The smallest absolute Gasteiger partial charge is 0.319 e. The van der Waals surface area contributed by atoms with Crippen molar-refractivity contribution in [2.24, 2.45) is 5.73 Å². The van der Waals surface area contributed by atoms with Crippen LogP contribution in [0.5, 0.6) is 0 Å². The minimum atomic E-state index is -0.380. The van der Waals surface area contributed by atoms with Gasteiger partial charge in [-0.3, -0.25) is 4.79 Å². The summed E-state index contributed by atoms with van der Waals surface area (Å²) in [6.07, 6.45) is 0. The fraction of sp³-hybridized carbons (Fsp3) is 0.667. The van der Waals surface area contributed by atoms with Gasteiger partial charge < -0.3 is 10.5 Å². The summed E-state index contributed by atoms with van der Waals surface area (Å²) < 4.78 is 4.14. The molecule has 2 N–H and O–H groups in total. The number of carbonyl (C=O) groups excluding carboxylic acids is 1. The molecule has 3 nitrogen and oxygen atoms in total. The molecule has 0 aromatic heterocycles. The Bertz CT molecular complexity index is 50.9. The van der Waals surface area contributed by atoms with E-state index in [9.17, 15) is 4.79 Å². The molecule has 0 heterocycles. The van der Waals surface area contributed by atoms with Crippen LogP contribution in [0.15, 0.2) is 0 Å². The fourth-order valence-electron chi connectivity index (χ4n) is 0.0833. The van der Waals surface area contributed by atoms with E-state index in [-0.39, 0.29) is 29.9 Å². The summed E-state index contributed by atoms with van der Waals surface area (Å²) >= 11 is 0. The zero-order valence-corrected chi connectivity index (χ0v) is 3.60. The van der Waals surface area contributed by atoms with Gasteiger partial charge in [0.25, 0.3) is 0 Å². The maximum atomic E-state index is 9.83. The molecule has 42 valence electrons. The lowest BCUT2D eigenvalue weighted by molar-refractivity contribution is -0.138. The van der Waals surface area contributed by atoms with Crippen LogP contribution in [0.25, 0.3) is 0 Å². The molecular weight excluding hydrogens is 109 g/mol. The first-order chi connectivity index (χ1) is 2.81. The highest BCUT2D eigenvalue weighted by molar-refractivity contribution is 5.75. The van der Waals surface area contributed by atoms with Crippen LogP contribution in [-0.2, 0) is 9.53 Å². The second kappa shape index (κ2) is 5.96. The molecule has 0 aromatic carbocycles. The van der Waals surface area contributed by atoms with Gasteiger partial charge in [-0.15, -0.1) is 0 Å². The number of esters is 1. The van der Waals surface area contributed by atoms with Crippen molar-refractivity contribution in [1.82, 2.24) is 0 Å². The minimum absolute atomic E-state index is 0. The maximum absolute atomic E-state index is 9.83. The second-order valence-electron chi connectivity index (χ2n) is 0.780. The normalized spacial score (nSPS) is 6.57. The van der Waals surface area contributed by atoms with E-state index in [1.807, 2.05) is 0 Å². The molecule has 4 heteroatoms. The Morgan fingerprint density at radius 1 is 1.86 bits per heavy atom. The predicted octanol–water partition coefficient (Wildman–Crippen LogP) is -2.07. The molecule has 0 aliphatic carbocycles. The Balaban J connectivity index is 0. The van der Waals surface area contributed by atoms with Crippen LogP contribution >= 0.6 is 0 Å². The lowest BCUT2D eigenvalue weighted by Crippen LogP contribution is -2.14. The van der Waals surface area contributed by atoms with Gasteiger partial charge in [0.15, 0.2) is 17.4 Å². The van der Waals surface area contributed by atoms with Crippen molar-refractivity contribution in [2.75, 3.05) is 13.7 Å². The van der Waals surface area contributed by atoms with Crippen LogP contribution in [0.2, 0.25) is 0 Å². The van der Waals surface area contributed by atoms with Gasteiger partial charge in [0.1, 0.15) is 0 Å². The van der Waals surface area contributed by atoms with Crippen molar-refractivity contribution in [3.05, 3.63) is 0 Å². The number of hydrogen-bond donors (Lipinski definition) is 1. The third-order valence-electron chi connectivity index (χ3n) is 0.394. The van der Waals surface area contributed by atoms with Crippen molar-refractivity contribution < 1.29 is 9.53 Å². The van der Waals surface area contributed by atoms with Gasteiger partial charge in [0.05, 0.1) is 13.7 Å². The maximum Gasteiger partial charge on any atom is 0.319 e. The molecule has 0 fully saturated rings. The molecule has 0 radical (unpaired) electrons. The van der Waals surface area contributed by atoms with E-state index in [0.717, 1.165) is 0 Å². The Hall–Kier alpha value is -0.0375. The van der Waals surface area contributed by atoms with Crippen molar-refractivity contribution >= 4 is 23.3 Å². The van der Waals surface area contributed by atoms with E-state index in [2.05, 4.69) is 4.74 Å². The Morgan fingerprint density at radius 2 is 2.29 bits per heavy atom. The molecule has 0 saturated carbocycles. The van der Waals surface area contributed by atoms with E-state index in [1.54, 1.807) is 0 Å². The van der Waals surface area contributed by atoms with Gasteiger partial charge in [-0.25, -0.2) is 0 Å². The molecule has 0 atom stereocenters. The minimum Gasteiger partial charge on any atom is -0.468 e. The number of rotatable bonds is 1. The monoisotopic (exact) mass is 119 g/mol. The van der Waals surface area contributed by atoms with Crippen molar-refractivity contribution in [2.45, 2.75) is 0 Å². The standard InChI is InChI=1S/C3H7NO2.Al.3H/c1-6-3(5)2-4;;;;/h2,4H2,1H3;;;;. The summed E-state index contributed by atoms with van der Waals surface area (Å²) in [5.74, 6) is -0.380. The summed E-state index contributed by atoms with van der Waals surface area (Å²) in [7, 11) is 1.30. The molecule has 0 aromatic rings. The van der Waals surface area contributed by atoms with Gasteiger partial charge in [-0.05, 0) is 0 Å². The van der Waals surface area contributed by atoms with Gasteiger partial charge in [-0.1, -0.05) is 0 Å². The molecular formula is C3H10AlNO2. The summed E-state index contributed by atoms with van der Waals surface area (Å²) in [5.41, 5.74) is 4.81. The molecule has 0 bridgehead atoms. The number of methoxy groups -OCH3 is 1. The SMILES string of the molecule is COC(=O)CN.[AlH3]. The Morgan fingerprint density at radius 3 is 2.29 bits per heavy atom. The third-order valence-corrected chi connectivity index (χ3v) is 0.394. The van der Waals surface area contributed by atoms with Crippen LogP contribution in [-0.4, -0.2) is 37.0 Å². The number of carbonyl (C=O) groups is 1. The lowest BCUT2D eigenvalue weighted by atomic mass is 10.7. The van der Waals surface area contributed by atoms with E-state index < -0.39 is 0 Å². The summed E-state index contributed by atoms with van der Waals surface area (Å²) in [6.45, 7) is -0.0312. The highest BCUT2D eigenvalue weighted by Crippen LogP contribution is 1.61. The molecule has 0 rings (SSSR count). The highest BCUT2D eigenvalue weighted by atomic mass is 27.0. The lowest BCUT2D eigenvalue weighted by Gasteiger charge is -1.87. The average Bonchev–Trinajstić information content (AvgIpc) is 1.65. The second-order valence-corrected chi connectivity index (χ2v) is 0.780. The zero-order chi connectivity index (χ0) is 4.99. The predicted molar refractivity (Wildman–Crippen MR) is 31.0 cm³/mol. The van der Waals surface area contributed by atoms with Crippen molar-refractivity contribution in [1.29, 1.82) is 0 Å². The molecule has 0 spiro atoms. The number of hydrogen-bond acceptors (Lipinski definition) is 3. The first-order valence-corrected chi connectivity index (χ1v) is 1.58. The highest BCUT2D eigenvalue weighted by Gasteiger charge is 1.87. The largest absolute Gasteiger partial charge is 0.468 e. The first-order valence-electron chi connectivity index (χ1n) is 1.58. The summed E-state index contributed by atoms with van der Waals surface area (Å²) in [6, 6.07) is 0. The van der Waals surface area contributed by atoms with Gasteiger partial charge in [-0.2, -0.15) is 0 Å². The quantitative estimate of drug-likeness (QED) is 0.319. The van der Waals surface area contributed by atoms with E-state index >= 15 is 0 Å². The summed E-state index contributed by atoms with van der Waals surface area (Å²) in [4.78, 5) is 9.83. The van der Waals surface area contributed by atoms with Gasteiger partial charge >= 0.3 is 5.97 Å². The zero-order valence-electron chi connectivity index (χ0n) is 3.60. The van der Waals surface area contributed by atoms with Crippen LogP contribution in [0.3, 0.4) is 0 Å². The topological polar surface area (TPSA) is 52.3 Å². The van der Waals surface area contributed by atoms with Crippen LogP contribution in [0.4, 0.5) is 0 Å². The molecule has 0 amide bonds. The summed E-state index contributed by atoms with van der Waals surface area (Å²) in [5, 5.41) is 0. The fourth-order valence-corrected chi connectivity index (χ4v) is 0.0833. The number of ether oxygens (including phenoxy) is 1. The van der Waals surface area contributed by atoms with E-state index in [0.29, 0.717) is 0 Å². The third kappa shape index (κ3) is 5.96. The Kier molecular flexibility index (Phi) is 8.56. The van der Waals surface area contributed by atoms with Crippen molar-refractivity contribution in [3.63, 3.8) is 0 Å². The van der Waals surface area contributed by atoms with Crippen LogP contribution in [0, 0.1) is 0 Å². The molecule has 0 aliphatic rings. The van der Waals surface area contributed by atoms with Crippen molar-refractivity contribution in [3.8, 4) is 0 Å². The number of nitrogens with two attached hydrogens (primary N) is 1. The van der Waals surface area contributed by atoms with E-state index in [4.69, 9.17) is 5.73 Å². The van der Waals surface area contributed by atoms with Gasteiger partial charge in [0, 0.05) is 0 Å². The van der Waals surface area contributed by atoms with E-state index in [1.165, 1.54) is 7.11 Å². The Labute approximate surface area is 53.0 Å². The van der Waals surface area contributed by atoms with Gasteiger partial charge in [0.2, 0.25) is 0 Å². The van der Waals surface area contributed by atoms with Crippen LogP contribution in [0.1, 0.15) is 0 Å². The van der Waals surface area contributed by atoms with Crippen LogP contribution < -0.4 is 5.73 Å². The molecule has 7 heavy (non-hydrogen) atoms. The first kappa shape index (κ1) is 10.1.